The molecule has 4 rings (SSSR count). The Morgan fingerprint density at radius 1 is 1.00 bits per heavy atom. The lowest BCUT2D eigenvalue weighted by Crippen LogP contribution is -2.29. The molecule has 0 fully saturated rings. The Hall–Kier alpha value is -3.97. The molecule has 7 heteroatoms. The summed E-state index contributed by atoms with van der Waals surface area (Å²) in [7, 11) is 1.63. The molecular weight excluding hydrogens is 380 g/mol. The van der Waals surface area contributed by atoms with Gasteiger partial charge in [0.1, 0.15) is 11.6 Å². The highest BCUT2D eigenvalue weighted by atomic mass is 16.5. The Kier molecular flexibility index (Phi) is 5.28. The molecule has 0 spiro atoms. The molecule has 3 aromatic carbocycles. The number of ether oxygens (including phenoxy) is 1. The molecule has 1 amide bonds. The number of H-pyrrole nitrogens is 1. The minimum atomic E-state index is -0.397. The molecule has 0 aliphatic carbocycles. The molecule has 7 nitrogen and oxygen atoms in total. The summed E-state index contributed by atoms with van der Waals surface area (Å²) in [5.74, 6) is 6.23. The quantitative estimate of drug-likeness (QED) is 0.199. The summed E-state index contributed by atoms with van der Waals surface area (Å²) in [6.07, 6.45) is 0.245. The number of methoxy groups -OCH3 is 1. The van der Waals surface area contributed by atoms with Crippen LogP contribution in [0.4, 0.5) is 0 Å². The predicted molar refractivity (Wildman–Crippen MR) is 114 cm³/mol. The number of aromatic amines is 1. The average molecular weight is 400 g/mol. The second-order valence-electron chi connectivity index (χ2n) is 6.82. The topological polar surface area (TPSA) is 110 Å². The largest absolute Gasteiger partial charge is 0.497 e. The van der Waals surface area contributed by atoms with Crippen LogP contribution < -0.4 is 16.0 Å². The van der Waals surface area contributed by atoms with Crippen molar-refractivity contribution in [3.05, 3.63) is 83.4 Å². The van der Waals surface area contributed by atoms with Crippen molar-refractivity contribution in [3.63, 3.8) is 0 Å². The van der Waals surface area contributed by atoms with E-state index in [0.29, 0.717) is 11.1 Å². The molecule has 4 aromatic rings. The van der Waals surface area contributed by atoms with E-state index in [9.17, 15) is 9.59 Å². The molecule has 0 saturated heterocycles. The lowest BCUT2D eigenvalue weighted by atomic mass is 10.0. The number of hydrazine groups is 1. The van der Waals surface area contributed by atoms with Crippen molar-refractivity contribution in [1.29, 1.82) is 0 Å². The first kappa shape index (κ1) is 19.4. The van der Waals surface area contributed by atoms with E-state index in [2.05, 4.69) is 15.4 Å². The molecule has 0 unspecified atom stereocenters. The first-order valence-electron chi connectivity index (χ1n) is 9.34. The Bertz CT molecular complexity index is 1210. The number of carbonyl (C=O) groups excluding carboxylic acids is 2. The van der Waals surface area contributed by atoms with E-state index in [-0.39, 0.29) is 12.2 Å². The van der Waals surface area contributed by atoms with Gasteiger partial charge in [0.25, 0.3) is 5.91 Å². The number of carbonyl (C=O) groups is 2. The van der Waals surface area contributed by atoms with Crippen molar-refractivity contribution in [2.75, 3.05) is 7.11 Å². The molecule has 0 radical (unpaired) electrons. The highest BCUT2D eigenvalue weighted by Crippen LogP contribution is 2.24. The van der Waals surface area contributed by atoms with Gasteiger partial charge in [0.05, 0.1) is 18.1 Å². The predicted octanol–water partition coefficient (Wildman–Crippen LogP) is 3.27. The van der Waals surface area contributed by atoms with Gasteiger partial charge in [-0.15, -0.1) is 0 Å². The van der Waals surface area contributed by atoms with Crippen LogP contribution in [0.5, 0.6) is 5.75 Å². The zero-order valence-electron chi connectivity index (χ0n) is 16.3. The van der Waals surface area contributed by atoms with E-state index in [1.807, 2.05) is 42.5 Å². The van der Waals surface area contributed by atoms with Gasteiger partial charge >= 0.3 is 0 Å². The number of fused-ring (bicyclic) bond motifs is 1. The maximum absolute atomic E-state index is 12.6. The van der Waals surface area contributed by atoms with E-state index in [1.54, 1.807) is 31.4 Å². The number of aromatic nitrogens is 2. The SMILES string of the molecule is COc1ccc(-c2nc3ccc(CC(=O)c4ccc(C(=O)NN)cc4)cc3[nH]2)cc1. The van der Waals surface area contributed by atoms with Gasteiger partial charge in [-0.05, 0) is 54.1 Å². The second-order valence-corrected chi connectivity index (χ2v) is 6.82. The fourth-order valence-electron chi connectivity index (χ4n) is 3.23. The molecule has 150 valence electrons. The minimum absolute atomic E-state index is 0.0380. The van der Waals surface area contributed by atoms with E-state index < -0.39 is 5.91 Å². The lowest BCUT2D eigenvalue weighted by molar-refractivity contribution is 0.0950. The Morgan fingerprint density at radius 3 is 2.37 bits per heavy atom. The molecule has 1 aromatic heterocycles. The van der Waals surface area contributed by atoms with Gasteiger partial charge in [-0.1, -0.05) is 18.2 Å². The number of rotatable bonds is 6. The van der Waals surface area contributed by atoms with Crippen LogP contribution in [-0.2, 0) is 6.42 Å². The van der Waals surface area contributed by atoms with Gasteiger partial charge in [0.15, 0.2) is 5.78 Å². The van der Waals surface area contributed by atoms with Crippen LogP contribution in [0.2, 0.25) is 0 Å². The van der Waals surface area contributed by atoms with Gasteiger partial charge in [0.2, 0.25) is 0 Å². The van der Waals surface area contributed by atoms with Gasteiger partial charge in [0, 0.05) is 23.1 Å². The van der Waals surface area contributed by atoms with Crippen molar-refractivity contribution >= 4 is 22.7 Å². The van der Waals surface area contributed by atoms with Crippen molar-refractivity contribution in [3.8, 4) is 17.1 Å². The second kappa shape index (κ2) is 8.18. The summed E-state index contributed by atoms with van der Waals surface area (Å²) < 4.78 is 5.19. The number of nitrogens with two attached hydrogens (primary N) is 1. The summed E-state index contributed by atoms with van der Waals surface area (Å²) in [6.45, 7) is 0. The third-order valence-electron chi connectivity index (χ3n) is 4.87. The Labute approximate surface area is 172 Å². The fraction of sp³-hybridized carbons (Fsp3) is 0.0870. The normalized spacial score (nSPS) is 10.7. The number of imidazole rings is 1. The molecule has 1 heterocycles. The molecule has 30 heavy (non-hydrogen) atoms. The average Bonchev–Trinajstić information content (AvgIpc) is 3.22. The summed E-state index contributed by atoms with van der Waals surface area (Å²) in [5, 5.41) is 0. The van der Waals surface area contributed by atoms with E-state index in [0.717, 1.165) is 33.7 Å². The van der Waals surface area contributed by atoms with Crippen LogP contribution in [0.1, 0.15) is 26.3 Å². The number of nitrogens with one attached hydrogen (secondary N) is 2. The standard InChI is InChI=1S/C23H20N4O3/c1-30-18-9-7-16(8-10-18)22-25-19-11-2-14(12-20(19)26-22)13-21(28)15-3-5-17(6-4-15)23(29)27-24/h2-12H,13,24H2,1H3,(H,25,26)(H,27,29). The minimum Gasteiger partial charge on any atom is -0.497 e. The molecular formula is C23H20N4O3. The maximum Gasteiger partial charge on any atom is 0.265 e. The van der Waals surface area contributed by atoms with Crippen molar-refractivity contribution in [2.24, 2.45) is 5.84 Å². The fourth-order valence-corrected chi connectivity index (χ4v) is 3.23. The summed E-state index contributed by atoms with van der Waals surface area (Å²) >= 11 is 0. The number of ketones is 1. The zero-order chi connectivity index (χ0) is 21.1. The number of benzene rings is 3. The Morgan fingerprint density at radius 2 is 1.70 bits per heavy atom. The number of Topliss-reactive ketones (excluding diaryl/α,β-unsaturated/α-hetero) is 1. The summed E-state index contributed by atoms with van der Waals surface area (Å²) in [4.78, 5) is 32.1. The summed E-state index contributed by atoms with van der Waals surface area (Å²) in [5.41, 5.74) is 6.52. The smallest absolute Gasteiger partial charge is 0.265 e. The molecule has 0 bridgehead atoms. The zero-order valence-corrected chi connectivity index (χ0v) is 16.3. The molecule has 0 aliphatic rings. The van der Waals surface area contributed by atoms with Gasteiger partial charge in [-0.25, -0.2) is 10.8 Å². The number of nitrogen functional groups attached to an aromatic ring is 1. The number of amides is 1. The van der Waals surface area contributed by atoms with Crippen molar-refractivity contribution in [2.45, 2.75) is 6.42 Å². The van der Waals surface area contributed by atoms with Crippen LogP contribution in [0, 0.1) is 0 Å². The first-order valence-corrected chi connectivity index (χ1v) is 9.34. The van der Waals surface area contributed by atoms with Crippen LogP contribution >= 0.6 is 0 Å². The van der Waals surface area contributed by atoms with E-state index >= 15 is 0 Å². The van der Waals surface area contributed by atoms with Gasteiger partial charge < -0.3 is 9.72 Å². The number of hydrogen-bond donors (Lipinski definition) is 3. The van der Waals surface area contributed by atoms with Crippen molar-refractivity contribution in [1.82, 2.24) is 15.4 Å². The third-order valence-corrected chi connectivity index (χ3v) is 4.87. The van der Waals surface area contributed by atoms with E-state index in [1.165, 1.54) is 0 Å². The van der Waals surface area contributed by atoms with Crippen LogP contribution in [-0.4, -0.2) is 28.8 Å². The summed E-state index contributed by atoms with van der Waals surface area (Å²) in [6, 6.07) is 19.8. The van der Waals surface area contributed by atoms with Gasteiger partial charge in [-0.2, -0.15) is 0 Å². The highest BCUT2D eigenvalue weighted by Gasteiger charge is 2.11. The first-order chi connectivity index (χ1) is 14.6. The highest BCUT2D eigenvalue weighted by molar-refractivity contribution is 5.99. The number of nitrogens with zero attached hydrogens (tertiary/aromatic N) is 1. The van der Waals surface area contributed by atoms with Gasteiger partial charge in [-0.3, -0.25) is 15.0 Å². The monoisotopic (exact) mass is 400 g/mol. The lowest BCUT2D eigenvalue weighted by Gasteiger charge is -2.04. The molecule has 0 aliphatic heterocycles. The third kappa shape index (κ3) is 3.92. The van der Waals surface area contributed by atoms with Crippen LogP contribution in [0.3, 0.4) is 0 Å². The van der Waals surface area contributed by atoms with Crippen molar-refractivity contribution < 1.29 is 14.3 Å². The molecule has 0 saturated carbocycles. The number of hydrogen-bond acceptors (Lipinski definition) is 5. The maximum atomic E-state index is 12.6. The molecule has 4 N–H and O–H groups in total. The van der Waals surface area contributed by atoms with Crippen LogP contribution in [0.15, 0.2) is 66.7 Å². The van der Waals surface area contributed by atoms with Crippen LogP contribution in [0.25, 0.3) is 22.4 Å². The molecule has 0 atom stereocenters. The Balaban J connectivity index is 1.53. The van der Waals surface area contributed by atoms with E-state index in [4.69, 9.17) is 10.6 Å².